The molecule has 0 spiro atoms. The van der Waals surface area contributed by atoms with Gasteiger partial charge in [-0.3, -0.25) is 4.79 Å². The lowest BCUT2D eigenvalue weighted by molar-refractivity contribution is -0.131. The van der Waals surface area contributed by atoms with E-state index in [0.29, 0.717) is 12.6 Å². The third kappa shape index (κ3) is 4.30. The minimum Gasteiger partial charge on any atom is -0.342 e. The second-order valence-electron chi connectivity index (χ2n) is 4.62. The van der Waals surface area contributed by atoms with Crippen molar-refractivity contribution in [3.63, 3.8) is 0 Å². The molecule has 1 rings (SSSR count). The Bertz CT molecular complexity index is 203. The first kappa shape index (κ1) is 15.7. The molecule has 0 aromatic rings. The molecular formula is C12H25ClN2O. The molecule has 0 bridgehead atoms. The third-order valence-corrected chi connectivity index (χ3v) is 3.66. The van der Waals surface area contributed by atoms with Crippen molar-refractivity contribution >= 4 is 18.3 Å². The van der Waals surface area contributed by atoms with E-state index in [0.717, 1.165) is 5.92 Å². The Morgan fingerprint density at radius 2 is 1.88 bits per heavy atom. The van der Waals surface area contributed by atoms with Crippen LogP contribution in [0.3, 0.4) is 0 Å². The first-order chi connectivity index (χ1) is 7.19. The molecule has 1 amide bonds. The van der Waals surface area contributed by atoms with Crippen molar-refractivity contribution in [3.8, 4) is 0 Å². The second kappa shape index (κ2) is 7.91. The van der Waals surface area contributed by atoms with Crippen LogP contribution in [0.1, 0.15) is 39.0 Å². The zero-order chi connectivity index (χ0) is 11.3. The van der Waals surface area contributed by atoms with Gasteiger partial charge in [0.25, 0.3) is 0 Å². The fraction of sp³-hybridized carbons (Fsp3) is 0.917. The molecule has 0 unspecified atom stereocenters. The maximum absolute atomic E-state index is 11.7. The van der Waals surface area contributed by atoms with Crippen molar-refractivity contribution in [3.05, 3.63) is 0 Å². The van der Waals surface area contributed by atoms with E-state index in [1.54, 1.807) is 0 Å². The van der Waals surface area contributed by atoms with Gasteiger partial charge in [-0.25, -0.2) is 0 Å². The number of halogens is 1. The Balaban J connectivity index is 0.00000225. The summed E-state index contributed by atoms with van der Waals surface area (Å²) in [6.45, 7) is 2.73. The van der Waals surface area contributed by atoms with Crippen LogP contribution in [-0.4, -0.2) is 37.5 Å². The highest BCUT2D eigenvalue weighted by molar-refractivity contribution is 5.85. The molecule has 0 aliphatic heterocycles. The number of rotatable bonds is 4. The zero-order valence-electron chi connectivity index (χ0n) is 10.7. The molecule has 1 aliphatic carbocycles. The standard InChI is InChI=1S/C12H24N2O.ClH/c1-4-10-5-7-11(8-6-10)14(3)12(15)9-13-2;/h10-11,13H,4-9H2,1-3H3;1H. The second-order valence-corrected chi connectivity index (χ2v) is 4.62. The SMILES string of the molecule is CCC1CCC(N(C)C(=O)CNC)CC1.Cl. The Kier molecular flexibility index (Phi) is 7.77. The van der Waals surface area contributed by atoms with Crippen LogP contribution in [0.4, 0.5) is 0 Å². The summed E-state index contributed by atoms with van der Waals surface area (Å²) in [6, 6.07) is 0.480. The first-order valence-corrected chi connectivity index (χ1v) is 6.09. The largest absolute Gasteiger partial charge is 0.342 e. The van der Waals surface area contributed by atoms with Gasteiger partial charge in [-0.1, -0.05) is 13.3 Å². The van der Waals surface area contributed by atoms with Gasteiger partial charge < -0.3 is 10.2 Å². The van der Waals surface area contributed by atoms with Crippen LogP contribution in [0.5, 0.6) is 0 Å². The normalized spacial score (nSPS) is 24.7. The number of carbonyl (C=O) groups is 1. The Labute approximate surface area is 105 Å². The highest BCUT2D eigenvalue weighted by atomic mass is 35.5. The predicted molar refractivity (Wildman–Crippen MR) is 70.0 cm³/mol. The van der Waals surface area contributed by atoms with Crippen molar-refractivity contribution in [2.45, 2.75) is 45.1 Å². The summed E-state index contributed by atoms with van der Waals surface area (Å²) < 4.78 is 0. The van der Waals surface area contributed by atoms with Gasteiger partial charge in [0.1, 0.15) is 0 Å². The van der Waals surface area contributed by atoms with Crippen molar-refractivity contribution in [1.29, 1.82) is 0 Å². The molecule has 0 radical (unpaired) electrons. The number of hydrogen-bond acceptors (Lipinski definition) is 2. The summed E-state index contributed by atoms with van der Waals surface area (Å²) in [4.78, 5) is 13.6. The lowest BCUT2D eigenvalue weighted by Crippen LogP contribution is -2.43. The molecule has 16 heavy (non-hydrogen) atoms. The van der Waals surface area contributed by atoms with E-state index in [2.05, 4.69) is 12.2 Å². The third-order valence-electron chi connectivity index (χ3n) is 3.66. The maximum atomic E-state index is 11.7. The van der Waals surface area contributed by atoms with E-state index < -0.39 is 0 Å². The number of hydrogen-bond donors (Lipinski definition) is 1. The van der Waals surface area contributed by atoms with E-state index >= 15 is 0 Å². The summed E-state index contributed by atoms with van der Waals surface area (Å²) in [5.41, 5.74) is 0. The minimum absolute atomic E-state index is 0. The van der Waals surface area contributed by atoms with E-state index in [1.165, 1.54) is 32.1 Å². The van der Waals surface area contributed by atoms with E-state index in [-0.39, 0.29) is 18.3 Å². The molecule has 1 N–H and O–H groups in total. The number of likely N-dealkylation sites (N-methyl/N-ethyl adjacent to an activating group) is 2. The summed E-state index contributed by atoms with van der Waals surface area (Å²) in [6.07, 6.45) is 6.24. The van der Waals surface area contributed by atoms with Crippen molar-refractivity contribution < 1.29 is 4.79 Å². The van der Waals surface area contributed by atoms with E-state index in [9.17, 15) is 4.79 Å². The number of carbonyl (C=O) groups excluding carboxylic acids is 1. The molecular weight excluding hydrogens is 224 g/mol. The fourth-order valence-electron chi connectivity index (χ4n) is 2.42. The quantitative estimate of drug-likeness (QED) is 0.826. The van der Waals surface area contributed by atoms with Crippen molar-refractivity contribution in [1.82, 2.24) is 10.2 Å². The van der Waals surface area contributed by atoms with Gasteiger partial charge in [-0.2, -0.15) is 0 Å². The lowest BCUT2D eigenvalue weighted by atomic mass is 9.84. The summed E-state index contributed by atoms with van der Waals surface area (Å²) in [5, 5.41) is 2.92. The fourth-order valence-corrected chi connectivity index (χ4v) is 2.42. The van der Waals surface area contributed by atoms with Crippen molar-refractivity contribution in [2.75, 3.05) is 20.6 Å². The molecule has 1 aliphatic rings. The lowest BCUT2D eigenvalue weighted by Gasteiger charge is -2.34. The number of amides is 1. The van der Waals surface area contributed by atoms with Gasteiger partial charge in [-0.15, -0.1) is 12.4 Å². The molecule has 0 aromatic heterocycles. The Morgan fingerprint density at radius 3 is 2.31 bits per heavy atom. The van der Waals surface area contributed by atoms with E-state index in [4.69, 9.17) is 0 Å². The average Bonchev–Trinajstić information content (AvgIpc) is 2.28. The zero-order valence-corrected chi connectivity index (χ0v) is 11.5. The van der Waals surface area contributed by atoms with Crippen LogP contribution < -0.4 is 5.32 Å². The highest BCUT2D eigenvalue weighted by Crippen LogP contribution is 2.28. The maximum Gasteiger partial charge on any atom is 0.236 e. The molecule has 0 heterocycles. The van der Waals surface area contributed by atoms with Crippen LogP contribution in [0, 0.1) is 5.92 Å². The smallest absolute Gasteiger partial charge is 0.236 e. The van der Waals surface area contributed by atoms with Crippen molar-refractivity contribution in [2.24, 2.45) is 5.92 Å². The minimum atomic E-state index is 0. The Hall–Kier alpha value is -0.280. The predicted octanol–water partition coefficient (Wildman–Crippen LogP) is 2.05. The van der Waals surface area contributed by atoms with Crippen LogP contribution in [0.15, 0.2) is 0 Å². The molecule has 0 atom stereocenters. The Morgan fingerprint density at radius 1 is 1.31 bits per heavy atom. The molecule has 3 nitrogen and oxygen atoms in total. The first-order valence-electron chi connectivity index (χ1n) is 6.09. The molecule has 0 saturated heterocycles. The number of nitrogens with zero attached hydrogens (tertiary/aromatic N) is 1. The summed E-state index contributed by atoms with van der Waals surface area (Å²) in [7, 11) is 3.76. The molecule has 96 valence electrons. The van der Waals surface area contributed by atoms with Gasteiger partial charge >= 0.3 is 0 Å². The van der Waals surface area contributed by atoms with Crippen LogP contribution in [0.2, 0.25) is 0 Å². The topological polar surface area (TPSA) is 32.3 Å². The number of nitrogens with one attached hydrogen (secondary N) is 1. The van der Waals surface area contributed by atoms with Gasteiger partial charge in [0.05, 0.1) is 6.54 Å². The molecule has 4 heteroatoms. The van der Waals surface area contributed by atoms with Gasteiger partial charge in [0.15, 0.2) is 0 Å². The van der Waals surface area contributed by atoms with Crippen LogP contribution in [-0.2, 0) is 4.79 Å². The van der Waals surface area contributed by atoms with Crippen LogP contribution in [0.25, 0.3) is 0 Å². The van der Waals surface area contributed by atoms with Crippen LogP contribution >= 0.6 is 12.4 Å². The van der Waals surface area contributed by atoms with Gasteiger partial charge in [0, 0.05) is 13.1 Å². The monoisotopic (exact) mass is 248 g/mol. The van der Waals surface area contributed by atoms with Gasteiger partial charge in [0.2, 0.25) is 5.91 Å². The summed E-state index contributed by atoms with van der Waals surface area (Å²) >= 11 is 0. The molecule has 1 fully saturated rings. The highest BCUT2D eigenvalue weighted by Gasteiger charge is 2.25. The van der Waals surface area contributed by atoms with Gasteiger partial charge in [-0.05, 0) is 38.6 Å². The average molecular weight is 249 g/mol. The van der Waals surface area contributed by atoms with E-state index in [1.807, 2.05) is 19.0 Å². The molecule has 0 aromatic carbocycles. The summed E-state index contributed by atoms with van der Waals surface area (Å²) in [5.74, 6) is 1.12. The molecule has 1 saturated carbocycles.